The molecule has 18 heavy (non-hydrogen) atoms. The average Bonchev–Trinajstić information content (AvgIpc) is 2.32. The van der Waals surface area contributed by atoms with E-state index in [2.05, 4.69) is 6.92 Å². The Morgan fingerprint density at radius 1 is 1.28 bits per heavy atom. The number of nitrogens with two attached hydrogens (primary N) is 1. The molecule has 0 bridgehead atoms. The lowest BCUT2D eigenvalue weighted by Gasteiger charge is -2.11. The molecule has 0 aliphatic rings. The third-order valence-electron chi connectivity index (χ3n) is 3.14. The first-order valence-corrected chi connectivity index (χ1v) is 6.99. The summed E-state index contributed by atoms with van der Waals surface area (Å²) in [6.07, 6.45) is 5.93. The lowest BCUT2D eigenvalue weighted by atomic mass is 10.1. The molecule has 0 atom stereocenters. The van der Waals surface area contributed by atoms with E-state index in [0.717, 1.165) is 25.1 Å². The van der Waals surface area contributed by atoms with Crippen molar-refractivity contribution in [2.45, 2.75) is 52.5 Å². The van der Waals surface area contributed by atoms with Crippen molar-refractivity contribution in [3.63, 3.8) is 0 Å². The number of unbranched alkanes of at least 4 members (excludes halogenated alkanes) is 4. The lowest BCUT2D eigenvalue weighted by molar-refractivity contribution is 0.550. The van der Waals surface area contributed by atoms with Crippen LogP contribution in [0.5, 0.6) is 0 Å². The van der Waals surface area contributed by atoms with Crippen LogP contribution in [0.15, 0.2) is 16.9 Å². The molecule has 0 spiro atoms. The van der Waals surface area contributed by atoms with Crippen molar-refractivity contribution in [1.82, 2.24) is 4.57 Å². The van der Waals surface area contributed by atoms with Crippen LogP contribution < -0.4 is 11.3 Å². The highest BCUT2D eigenvalue weighted by atomic mass is 32.1. The monoisotopic (exact) mass is 266 g/mol. The Morgan fingerprint density at radius 3 is 2.56 bits per heavy atom. The van der Waals surface area contributed by atoms with E-state index in [-0.39, 0.29) is 10.5 Å². The molecule has 0 saturated heterocycles. The van der Waals surface area contributed by atoms with Gasteiger partial charge >= 0.3 is 0 Å². The van der Waals surface area contributed by atoms with Crippen molar-refractivity contribution in [1.29, 1.82) is 0 Å². The van der Waals surface area contributed by atoms with Gasteiger partial charge in [-0.15, -0.1) is 0 Å². The summed E-state index contributed by atoms with van der Waals surface area (Å²) in [5.74, 6) is 0. The van der Waals surface area contributed by atoms with Crippen molar-refractivity contribution in [2.75, 3.05) is 0 Å². The fraction of sp³-hybridized carbons (Fsp3) is 0.571. The molecule has 2 N–H and O–H groups in total. The first kappa shape index (κ1) is 14.9. The minimum absolute atomic E-state index is 0.0574. The number of hydrogen-bond acceptors (Lipinski definition) is 2. The van der Waals surface area contributed by atoms with E-state index >= 15 is 0 Å². The zero-order valence-electron chi connectivity index (χ0n) is 11.2. The van der Waals surface area contributed by atoms with Crippen LogP contribution in [0, 0.1) is 6.92 Å². The fourth-order valence-electron chi connectivity index (χ4n) is 2.01. The van der Waals surface area contributed by atoms with E-state index < -0.39 is 0 Å². The normalized spacial score (nSPS) is 10.6. The van der Waals surface area contributed by atoms with Crippen LogP contribution in [-0.4, -0.2) is 9.56 Å². The summed E-state index contributed by atoms with van der Waals surface area (Å²) in [5.41, 5.74) is 6.90. The van der Waals surface area contributed by atoms with Gasteiger partial charge in [0.2, 0.25) is 0 Å². The van der Waals surface area contributed by atoms with Gasteiger partial charge in [-0.25, -0.2) is 0 Å². The predicted molar refractivity (Wildman–Crippen MR) is 80.1 cm³/mol. The zero-order valence-corrected chi connectivity index (χ0v) is 12.1. The molecule has 0 fully saturated rings. The van der Waals surface area contributed by atoms with Crippen molar-refractivity contribution in [3.8, 4) is 0 Å². The standard InChI is InChI=1S/C14H22N2OS/c1-3-4-5-6-7-10-16-11(2)8-9-12(13(15)18)14(16)17/h8-9H,3-7,10H2,1-2H3,(H2,15,18). The molecule has 0 amide bonds. The van der Waals surface area contributed by atoms with Crippen LogP contribution in [0.3, 0.4) is 0 Å². The molecule has 0 aromatic carbocycles. The van der Waals surface area contributed by atoms with Crippen LogP contribution in [-0.2, 0) is 6.54 Å². The molecule has 1 aromatic rings. The van der Waals surface area contributed by atoms with E-state index in [1.54, 1.807) is 10.6 Å². The molecule has 1 rings (SSSR count). The minimum atomic E-state index is -0.0574. The summed E-state index contributed by atoms with van der Waals surface area (Å²) < 4.78 is 1.78. The topological polar surface area (TPSA) is 48.0 Å². The summed E-state index contributed by atoms with van der Waals surface area (Å²) in [7, 11) is 0. The predicted octanol–water partition coefficient (Wildman–Crippen LogP) is 2.76. The third kappa shape index (κ3) is 3.95. The minimum Gasteiger partial charge on any atom is -0.389 e. The SMILES string of the molecule is CCCCCCCn1c(C)ccc(C(N)=S)c1=O. The van der Waals surface area contributed by atoms with Crippen LogP contribution in [0.1, 0.15) is 50.3 Å². The van der Waals surface area contributed by atoms with Gasteiger partial charge in [-0.1, -0.05) is 44.8 Å². The quantitative estimate of drug-likeness (QED) is 0.610. The Kier molecular flexibility index (Phi) is 6.05. The van der Waals surface area contributed by atoms with E-state index in [1.165, 1.54) is 19.3 Å². The summed E-state index contributed by atoms with van der Waals surface area (Å²) in [6, 6.07) is 3.62. The molecular formula is C14H22N2OS. The zero-order chi connectivity index (χ0) is 13.5. The molecular weight excluding hydrogens is 244 g/mol. The van der Waals surface area contributed by atoms with Gasteiger partial charge in [0, 0.05) is 12.2 Å². The first-order chi connectivity index (χ1) is 8.57. The van der Waals surface area contributed by atoms with E-state index in [1.807, 2.05) is 13.0 Å². The van der Waals surface area contributed by atoms with E-state index in [4.69, 9.17) is 18.0 Å². The number of aromatic nitrogens is 1. The third-order valence-corrected chi connectivity index (χ3v) is 3.36. The summed E-state index contributed by atoms with van der Waals surface area (Å²) in [6.45, 7) is 4.89. The van der Waals surface area contributed by atoms with Gasteiger partial charge in [-0.05, 0) is 25.5 Å². The van der Waals surface area contributed by atoms with Gasteiger partial charge in [-0.2, -0.15) is 0 Å². The number of hydrogen-bond donors (Lipinski definition) is 1. The number of pyridine rings is 1. The van der Waals surface area contributed by atoms with Gasteiger partial charge < -0.3 is 10.3 Å². The fourth-order valence-corrected chi connectivity index (χ4v) is 2.17. The Balaban J connectivity index is 2.73. The summed E-state index contributed by atoms with van der Waals surface area (Å²) in [4.78, 5) is 12.3. The molecule has 0 unspecified atom stereocenters. The molecule has 1 heterocycles. The average molecular weight is 266 g/mol. The Morgan fingerprint density at radius 2 is 1.94 bits per heavy atom. The highest BCUT2D eigenvalue weighted by molar-refractivity contribution is 7.80. The highest BCUT2D eigenvalue weighted by Gasteiger charge is 2.07. The lowest BCUT2D eigenvalue weighted by Crippen LogP contribution is -2.30. The Hall–Kier alpha value is -1.16. The van der Waals surface area contributed by atoms with Crippen LogP contribution in [0.25, 0.3) is 0 Å². The van der Waals surface area contributed by atoms with Gasteiger partial charge in [0.15, 0.2) is 0 Å². The number of rotatable bonds is 7. The Bertz CT molecular complexity index is 465. The molecule has 0 aliphatic heterocycles. The van der Waals surface area contributed by atoms with Crippen molar-refractivity contribution in [3.05, 3.63) is 33.7 Å². The summed E-state index contributed by atoms with van der Waals surface area (Å²) >= 11 is 4.89. The smallest absolute Gasteiger partial charge is 0.260 e. The van der Waals surface area contributed by atoms with Crippen LogP contribution >= 0.6 is 12.2 Å². The number of thiocarbonyl (C=S) groups is 1. The molecule has 100 valence electrons. The molecule has 4 heteroatoms. The maximum absolute atomic E-state index is 12.1. The van der Waals surface area contributed by atoms with Gasteiger partial charge in [0.1, 0.15) is 4.99 Å². The van der Waals surface area contributed by atoms with E-state index in [0.29, 0.717) is 5.56 Å². The van der Waals surface area contributed by atoms with Crippen LogP contribution in [0.2, 0.25) is 0 Å². The molecule has 0 aliphatic carbocycles. The molecule has 0 saturated carbocycles. The largest absolute Gasteiger partial charge is 0.389 e. The van der Waals surface area contributed by atoms with Gasteiger partial charge in [0.05, 0.1) is 5.56 Å². The molecule has 0 radical (unpaired) electrons. The second kappa shape index (κ2) is 7.31. The molecule has 1 aromatic heterocycles. The van der Waals surface area contributed by atoms with Crippen LogP contribution in [0.4, 0.5) is 0 Å². The maximum Gasteiger partial charge on any atom is 0.260 e. The molecule has 3 nitrogen and oxygen atoms in total. The second-order valence-electron chi connectivity index (χ2n) is 4.62. The summed E-state index contributed by atoms with van der Waals surface area (Å²) in [5, 5.41) is 0. The van der Waals surface area contributed by atoms with E-state index in [9.17, 15) is 4.79 Å². The maximum atomic E-state index is 12.1. The highest BCUT2D eigenvalue weighted by Crippen LogP contribution is 2.05. The Labute approximate surface area is 114 Å². The van der Waals surface area contributed by atoms with Gasteiger partial charge in [0.25, 0.3) is 5.56 Å². The first-order valence-electron chi connectivity index (χ1n) is 6.58. The van der Waals surface area contributed by atoms with Crippen molar-refractivity contribution in [2.24, 2.45) is 5.73 Å². The number of nitrogens with zero attached hydrogens (tertiary/aromatic N) is 1. The number of aryl methyl sites for hydroxylation is 1. The van der Waals surface area contributed by atoms with Crippen molar-refractivity contribution >= 4 is 17.2 Å². The second-order valence-corrected chi connectivity index (χ2v) is 5.06. The van der Waals surface area contributed by atoms with Gasteiger partial charge in [-0.3, -0.25) is 4.79 Å². The van der Waals surface area contributed by atoms with Crippen molar-refractivity contribution < 1.29 is 0 Å².